The van der Waals surface area contributed by atoms with E-state index in [2.05, 4.69) is 4.98 Å². The van der Waals surface area contributed by atoms with Crippen molar-refractivity contribution in [2.75, 3.05) is 0 Å². The normalized spacial score (nSPS) is 12.7. The van der Waals surface area contributed by atoms with E-state index in [1.807, 2.05) is 0 Å². The summed E-state index contributed by atoms with van der Waals surface area (Å²) >= 11 is 0. The summed E-state index contributed by atoms with van der Waals surface area (Å²) in [6.45, 7) is 2.73. The van der Waals surface area contributed by atoms with Crippen LogP contribution in [0.4, 0.5) is 4.39 Å². The quantitative estimate of drug-likeness (QED) is 0.858. The van der Waals surface area contributed by atoms with Crippen molar-refractivity contribution >= 4 is 18.3 Å². The van der Waals surface area contributed by atoms with Gasteiger partial charge in [0.25, 0.3) is 5.91 Å². The Morgan fingerprint density at radius 2 is 2.24 bits per heavy atom. The van der Waals surface area contributed by atoms with Crippen LogP contribution in [0.2, 0.25) is 0 Å². The van der Waals surface area contributed by atoms with E-state index in [1.165, 1.54) is 26.1 Å². The number of pyridine rings is 1. The molecule has 0 spiro atoms. The van der Waals surface area contributed by atoms with Gasteiger partial charge in [-0.15, -0.1) is 12.4 Å². The largest absolute Gasteiger partial charge is 0.387 e. The molecule has 17 heavy (non-hydrogen) atoms. The number of carbonyl (C=O) groups is 1. The number of halogens is 2. The lowest BCUT2D eigenvalue weighted by Crippen LogP contribution is -2.35. The lowest BCUT2D eigenvalue weighted by atomic mass is 9.97. The van der Waals surface area contributed by atoms with Crippen molar-refractivity contribution in [2.24, 2.45) is 5.73 Å². The van der Waals surface area contributed by atoms with Crippen LogP contribution in [0.25, 0.3) is 0 Å². The molecule has 1 rings (SSSR count). The van der Waals surface area contributed by atoms with Crippen LogP contribution in [0.15, 0.2) is 18.3 Å². The Labute approximate surface area is 105 Å². The molecule has 1 amide bonds. The van der Waals surface area contributed by atoms with Crippen LogP contribution in [-0.4, -0.2) is 27.8 Å². The number of carbonyl (C=O) groups excluding carboxylic acids is 1. The molecule has 0 aliphatic rings. The summed E-state index contributed by atoms with van der Waals surface area (Å²) in [4.78, 5) is 15.0. The highest BCUT2D eigenvalue weighted by Gasteiger charge is 2.28. The molecule has 6 heteroatoms. The molecule has 96 valence electrons. The second-order valence-corrected chi connectivity index (χ2v) is 4.19. The van der Waals surface area contributed by atoms with E-state index < -0.39 is 17.7 Å². The summed E-state index contributed by atoms with van der Waals surface area (Å²) in [5.74, 6) is -0.647. The summed E-state index contributed by atoms with van der Waals surface area (Å²) in [6.07, 6.45) is -0.179. The first-order chi connectivity index (χ1) is 7.32. The van der Waals surface area contributed by atoms with Gasteiger partial charge in [0, 0.05) is 12.6 Å². The third kappa shape index (κ3) is 4.28. The monoisotopic (exact) mass is 262 g/mol. The van der Waals surface area contributed by atoms with E-state index in [9.17, 15) is 14.3 Å². The van der Waals surface area contributed by atoms with E-state index in [-0.39, 0.29) is 30.1 Å². The number of hydrogen-bond donors (Lipinski definition) is 2. The molecule has 0 aliphatic heterocycles. The number of nitrogens with zero attached hydrogens (tertiary/aromatic N) is 1. The molecule has 0 saturated heterocycles. The van der Waals surface area contributed by atoms with Gasteiger partial charge in [-0.3, -0.25) is 9.78 Å². The second kappa shape index (κ2) is 5.93. The first-order valence-electron chi connectivity index (χ1n) is 4.92. The molecule has 1 heterocycles. The average molecular weight is 263 g/mol. The number of nitrogens with two attached hydrogens (primary N) is 1. The minimum Gasteiger partial charge on any atom is -0.387 e. The molecule has 0 saturated carbocycles. The molecule has 0 fully saturated rings. The SMILES string of the molecule is CC(C)(O)[C@H](F)Cc1ncccc1C(N)=O.Cl. The molecule has 1 aromatic rings. The molecule has 0 unspecified atom stereocenters. The summed E-state index contributed by atoms with van der Waals surface area (Å²) < 4.78 is 13.6. The molecular formula is C11H16ClFN2O2. The van der Waals surface area contributed by atoms with Gasteiger partial charge in [0.2, 0.25) is 0 Å². The van der Waals surface area contributed by atoms with Crippen molar-refractivity contribution < 1.29 is 14.3 Å². The summed E-state index contributed by atoms with van der Waals surface area (Å²) in [5, 5.41) is 9.46. The van der Waals surface area contributed by atoms with Gasteiger partial charge in [0.1, 0.15) is 6.17 Å². The highest BCUT2D eigenvalue weighted by atomic mass is 35.5. The Bertz CT molecular complexity index is 393. The number of amides is 1. The van der Waals surface area contributed by atoms with E-state index in [1.54, 1.807) is 6.07 Å². The van der Waals surface area contributed by atoms with Gasteiger partial charge in [-0.05, 0) is 26.0 Å². The van der Waals surface area contributed by atoms with Crippen molar-refractivity contribution in [1.29, 1.82) is 0 Å². The predicted molar refractivity (Wildman–Crippen MR) is 64.9 cm³/mol. The van der Waals surface area contributed by atoms with E-state index >= 15 is 0 Å². The lowest BCUT2D eigenvalue weighted by Gasteiger charge is -2.22. The number of primary amides is 1. The Morgan fingerprint density at radius 1 is 1.65 bits per heavy atom. The maximum Gasteiger partial charge on any atom is 0.250 e. The smallest absolute Gasteiger partial charge is 0.250 e. The van der Waals surface area contributed by atoms with E-state index in [4.69, 9.17) is 5.73 Å². The maximum absolute atomic E-state index is 13.6. The molecular weight excluding hydrogens is 247 g/mol. The topological polar surface area (TPSA) is 76.2 Å². The number of alkyl halides is 1. The van der Waals surface area contributed by atoms with Gasteiger partial charge >= 0.3 is 0 Å². The van der Waals surface area contributed by atoms with Crippen LogP contribution in [0.3, 0.4) is 0 Å². The molecule has 0 bridgehead atoms. The molecule has 1 aromatic heterocycles. The zero-order valence-corrected chi connectivity index (χ0v) is 10.5. The first-order valence-corrected chi connectivity index (χ1v) is 4.92. The lowest BCUT2D eigenvalue weighted by molar-refractivity contribution is -0.00308. The second-order valence-electron chi connectivity index (χ2n) is 4.19. The van der Waals surface area contributed by atoms with Gasteiger partial charge < -0.3 is 10.8 Å². The van der Waals surface area contributed by atoms with Crippen molar-refractivity contribution in [3.8, 4) is 0 Å². The third-order valence-corrected chi connectivity index (χ3v) is 2.29. The standard InChI is InChI=1S/C11H15FN2O2.ClH/c1-11(2,16)9(12)6-8-7(10(13)15)4-3-5-14-8;/h3-5,9,16H,6H2,1-2H3,(H2,13,15);1H/t9-;/m1./s1. The first kappa shape index (κ1) is 15.8. The zero-order chi connectivity index (χ0) is 12.3. The Kier molecular flexibility index (Phi) is 5.51. The average Bonchev–Trinajstić information content (AvgIpc) is 2.16. The van der Waals surface area contributed by atoms with Crippen LogP contribution in [0.1, 0.15) is 29.9 Å². The van der Waals surface area contributed by atoms with Crippen LogP contribution in [0, 0.1) is 0 Å². The van der Waals surface area contributed by atoms with E-state index in [0.29, 0.717) is 0 Å². The summed E-state index contributed by atoms with van der Waals surface area (Å²) in [6, 6.07) is 3.04. The summed E-state index contributed by atoms with van der Waals surface area (Å²) in [5.41, 5.74) is 4.13. The van der Waals surface area contributed by atoms with Crippen molar-refractivity contribution in [3.05, 3.63) is 29.6 Å². The van der Waals surface area contributed by atoms with Crippen LogP contribution in [0.5, 0.6) is 0 Å². The Morgan fingerprint density at radius 3 is 2.71 bits per heavy atom. The van der Waals surface area contributed by atoms with Crippen molar-refractivity contribution in [2.45, 2.75) is 32.0 Å². The van der Waals surface area contributed by atoms with Gasteiger partial charge in [-0.2, -0.15) is 0 Å². The van der Waals surface area contributed by atoms with Crippen molar-refractivity contribution in [1.82, 2.24) is 4.98 Å². The third-order valence-electron chi connectivity index (χ3n) is 2.29. The zero-order valence-electron chi connectivity index (χ0n) is 9.68. The fourth-order valence-electron chi connectivity index (χ4n) is 1.24. The fraction of sp³-hybridized carbons (Fsp3) is 0.455. The van der Waals surface area contributed by atoms with Crippen LogP contribution in [-0.2, 0) is 6.42 Å². The molecule has 4 nitrogen and oxygen atoms in total. The van der Waals surface area contributed by atoms with Gasteiger partial charge in [0.15, 0.2) is 0 Å². The van der Waals surface area contributed by atoms with Gasteiger partial charge in [-0.1, -0.05) is 0 Å². The number of aromatic nitrogens is 1. The Hall–Kier alpha value is -1.20. The summed E-state index contributed by atoms with van der Waals surface area (Å²) in [7, 11) is 0. The molecule has 0 aliphatic carbocycles. The van der Waals surface area contributed by atoms with E-state index in [0.717, 1.165) is 0 Å². The predicted octanol–water partition coefficient (Wildman–Crippen LogP) is 1.25. The fourth-order valence-corrected chi connectivity index (χ4v) is 1.24. The molecule has 0 radical (unpaired) electrons. The number of rotatable bonds is 4. The highest BCUT2D eigenvalue weighted by molar-refractivity contribution is 5.93. The van der Waals surface area contributed by atoms with Gasteiger partial charge in [-0.25, -0.2) is 4.39 Å². The maximum atomic E-state index is 13.6. The number of hydrogen-bond acceptors (Lipinski definition) is 3. The molecule has 0 aromatic carbocycles. The Balaban J connectivity index is 0.00000256. The molecule has 3 N–H and O–H groups in total. The van der Waals surface area contributed by atoms with Crippen LogP contribution >= 0.6 is 12.4 Å². The van der Waals surface area contributed by atoms with Crippen LogP contribution < -0.4 is 5.73 Å². The molecule has 1 atom stereocenters. The van der Waals surface area contributed by atoms with Crippen molar-refractivity contribution in [3.63, 3.8) is 0 Å². The van der Waals surface area contributed by atoms with Gasteiger partial charge in [0.05, 0.1) is 16.9 Å². The minimum absolute atomic E-state index is 0. The minimum atomic E-state index is -1.50. The highest BCUT2D eigenvalue weighted by Crippen LogP contribution is 2.18. The number of aliphatic hydroxyl groups is 1.